The van der Waals surface area contributed by atoms with Gasteiger partial charge in [-0.1, -0.05) is 42.5 Å². The molecule has 3 aromatic rings. The van der Waals surface area contributed by atoms with Crippen LogP contribution < -0.4 is 0 Å². The van der Waals surface area contributed by atoms with Gasteiger partial charge in [-0.2, -0.15) is 0 Å². The second-order valence-electron chi connectivity index (χ2n) is 6.09. The van der Waals surface area contributed by atoms with Crippen LogP contribution in [0.4, 0.5) is 0 Å². The number of hydrogen-bond donors (Lipinski definition) is 1. The van der Waals surface area contributed by atoms with Gasteiger partial charge in [0.2, 0.25) is 0 Å². The topological polar surface area (TPSA) is 66.3 Å². The first kappa shape index (κ1) is 17.8. The van der Waals surface area contributed by atoms with Gasteiger partial charge in [-0.25, -0.2) is 0 Å². The molecule has 0 bridgehead atoms. The summed E-state index contributed by atoms with van der Waals surface area (Å²) in [5, 5.41) is 9.88. The van der Waals surface area contributed by atoms with Crippen molar-refractivity contribution in [3.63, 3.8) is 0 Å². The Balaban J connectivity index is 1.86. The molecule has 0 saturated heterocycles. The maximum atomic E-state index is 12.0. The highest BCUT2D eigenvalue weighted by atomic mass is 16.4. The van der Waals surface area contributed by atoms with Crippen LogP contribution in [0, 0.1) is 0 Å². The molecule has 3 rings (SSSR count). The largest absolute Gasteiger partial charge is 0.480 e. The molecule has 1 atom stereocenters. The molecule has 2 heterocycles. The van der Waals surface area contributed by atoms with Crippen LogP contribution in [0.2, 0.25) is 0 Å². The van der Waals surface area contributed by atoms with E-state index in [9.17, 15) is 9.90 Å². The molecule has 5 nitrogen and oxygen atoms in total. The van der Waals surface area contributed by atoms with Crippen molar-refractivity contribution in [2.24, 2.45) is 0 Å². The number of hydrogen-bond acceptors (Lipinski definition) is 4. The van der Waals surface area contributed by atoms with E-state index in [-0.39, 0.29) is 0 Å². The van der Waals surface area contributed by atoms with Gasteiger partial charge >= 0.3 is 5.97 Å². The van der Waals surface area contributed by atoms with Crippen molar-refractivity contribution in [1.82, 2.24) is 14.9 Å². The Morgan fingerprint density at radius 1 is 0.846 bits per heavy atom. The molecule has 0 aliphatic carbocycles. The van der Waals surface area contributed by atoms with Crippen LogP contribution in [-0.2, 0) is 24.3 Å². The second kappa shape index (κ2) is 8.87. The number of carboxylic acids is 1. The van der Waals surface area contributed by atoms with Crippen LogP contribution in [0.5, 0.6) is 0 Å². The smallest absolute Gasteiger partial charge is 0.321 e. The van der Waals surface area contributed by atoms with Gasteiger partial charge in [0.1, 0.15) is 6.04 Å². The van der Waals surface area contributed by atoms with Crippen molar-refractivity contribution in [2.75, 3.05) is 0 Å². The predicted octanol–water partition coefficient (Wildman–Crippen LogP) is 3.17. The minimum atomic E-state index is -0.847. The summed E-state index contributed by atoms with van der Waals surface area (Å²) in [7, 11) is 0. The molecular formula is C21H21N3O2. The molecule has 1 unspecified atom stereocenters. The highest BCUT2D eigenvalue weighted by Gasteiger charge is 2.26. The van der Waals surface area contributed by atoms with Crippen LogP contribution in [0.3, 0.4) is 0 Å². The second-order valence-corrected chi connectivity index (χ2v) is 6.09. The number of rotatable bonds is 8. The van der Waals surface area contributed by atoms with E-state index in [2.05, 4.69) is 9.97 Å². The zero-order chi connectivity index (χ0) is 18.2. The van der Waals surface area contributed by atoms with Gasteiger partial charge in [0.25, 0.3) is 0 Å². The van der Waals surface area contributed by atoms with Crippen LogP contribution >= 0.6 is 0 Å². The maximum absolute atomic E-state index is 12.0. The van der Waals surface area contributed by atoms with Crippen LogP contribution in [-0.4, -0.2) is 32.0 Å². The van der Waals surface area contributed by atoms with Gasteiger partial charge in [0.15, 0.2) is 0 Å². The van der Waals surface area contributed by atoms with E-state index in [0.717, 1.165) is 17.0 Å². The summed E-state index contributed by atoms with van der Waals surface area (Å²) in [6.07, 6.45) is 3.87. The first-order chi connectivity index (χ1) is 12.7. The lowest BCUT2D eigenvalue weighted by molar-refractivity contribution is -0.143. The quantitative estimate of drug-likeness (QED) is 0.678. The van der Waals surface area contributed by atoms with Crippen molar-refractivity contribution in [1.29, 1.82) is 0 Å². The van der Waals surface area contributed by atoms with Crippen LogP contribution in [0.15, 0.2) is 79.1 Å². The fourth-order valence-electron chi connectivity index (χ4n) is 2.89. The maximum Gasteiger partial charge on any atom is 0.321 e. The molecule has 26 heavy (non-hydrogen) atoms. The lowest BCUT2D eigenvalue weighted by Gasteiger charge is -2.28. The minimum absolute atomic E-state index is 0.426. The van der Waals surface area contributed by atoms with Gasteiger partial charge < -0.3 is 5.11 Å². The molecule has 0 fully saturated rings. The lowest BCUT2D eigenvalue weighted by Crippen LogP contribution is -2.42. The predicted molar refractivity (Wildman–Crippen MR) is 99.3 cm³/mol. The van der Waals surface area contributed by atoms with Crippen molar-refractivity contribution < 1.29 is 9.90 Å². The average molecular weight is 347 g/mol. The summed E-state index contributed by atoms with van der Waals surface area (Å²) < 4.78 is 0. The van der Waals surface area contributed by atoms with Gasteiger partial charge in [-0.05, 0) is 36.2 Å². The van der Waals surface area contributed by atoms with E-state index >= 15 is 0 Å². The van der Waals surface area contributed by atoms with E-state index < -0.39 is 12.0 Å². The highest BCUT2D eigenvalue weighted by Crippen LogP contribution is 2.16. The average Bonchev–Trinajstić information content (AvgIpc) is 2.68. The minimum Gasteiger partial charge on any atom is -0.480 e. The van der Waals surface area contributed by atoms with Gasteiger partial charge in [-0.3, -0.25) is 19.7 Å². The van der Waals surface area contributed by atoms with Crippen molar-refractivity contribution >= 4 is 5.97 Å². The van der Waals surface area contributed by atoms with Crippen molar-refractivity contribution in [3.8, 4) is 0 Å². The Bertz CT molecular complexity index is 769. The third kappa shape index (κ3) is 4.97. The van der Waals surface area contributed by atoms with Gasteiger partial charge in [0, 0.05) is 25.5 Å². The SMILES string of the molecule is O=C(O)C(Cc1ccccc1)N(Cc1ccccn1)Cc1ccccn1. The number of aliphatic carboxylic acids is 1. The molecule has 1 aromatic carbocycles. The summed E-state index contributed by atoms with van der Waals surface area (Å²) in [5.74, 6) is -0.847. The molecule has 0 aliphatic rings. The van der Waals surface area contributed by atoms with Crippen LogP contribution in [0.1, 0.15) is 17.0 Å². The van der Waals surface area contributed by atoms with E-state index in [1.54, 1.807) is 12.4 Å². The van der Waals surface area contributed by atoms with Crippen LogP contribution in [0.25, 0.3) is 0 Å². The number of pyridine rings is 2. The Hall–Kier alpha value is -3.05. The molecular weight excluding hydrogens is 326 g/mol. The van der Waals surface area contributed by atoms with E-state index in [4.69, 9.17) is 0 Å². The highest BCUT2D eigenvalue weighted by molar-refractivity contribution is 5.74. The molecule has 132 valence electrons. The van der Waals surface area contributed by atoms with Gasteiger partial charge in [-0.15, -0.1) is 0 Å². The third-order valence-electron chi connectivity index (χ3n) is 4.18. The molecule has 2 aromatic heterocycles. The van der Waals surface area contributed by atoms with E-state index in [1.165, 1.54) is 0 Å². The van der Waals surface area contributed by atoms with Gasteiger partial charge in [0.05, 0.1) is 11.4 Å². The van der Waals surface area contributed by atoms with Crippen molar-refractivity contribution in [2.45, 2.75) is 25.6 Å². The fourth-order valence-corrected chi connectivity index (χ4v) is 2.89. The monoisotopic (exact) mass is 347 g/mol. The standard InChI is InChI=1S/C21H21N3O2/c25-21(26)20(14-17-8-2-1-3-9-17)24(15-18-10-4-6-12-22-18)16-19-11-5-7-13-23-19/h1-13,20H,14-16H2,(H,25,26). The van der Waals surface area contributed by atoms with E-state index in [1.807, 2.05) is 71.6 Å². The summed E-state index contributed by atoms with van der Waals surface area (Å²) in [5.41, 5.74) is 2.66. The Kier molecular flexibility index (Phi) is 6.06. The Morgan fingerprint density at radius 2 is 1.38 bits per heavy atom. The summed E-state index contributed by atoms with van der Waals surface area (Å²) >= 11 is 0. The van der Waals surface area contributed by atoms with Crippen molar-refractivity contribution in [3.05, 3.63) is 96.1 Å². The Morgan fingerprint density at radius 3 is 1.85 bits per heavy atom. The molecule has 5 heteroatoms. The molecule has 0 saturated carbocycles. The molecule has 0 amide bonds. The zero-order valence-electron chi connectivity index (χ0n) is 14.4. The normalized spacial score (nSPS) is 12.0. The first-order valence-electron chi connectivity index (χ1n) is 8.53. The van der Waals surface area contributed by atoms with E-state index in [0.29, 0.717) is 19.5 Å². The number of carbonyl (C=O) groups is 1. The summed E-state index contributed by atoms with van der Waals surface area (Å²) in [6, 6.07) is 20.4. The molecule has 0 radical (unpaired) electrons. The summed E-state index contributed by atoms with van der Waals surface area (Å²) in [4.78, 5) is 22.7. The number of nitrogens with zero attached hydrogens (tertiary/aromatic N) is 3. The number of carboxylic acid groups (broad SMARTS) is 1. The number of aromatic nitrogens is 2. The molecule has 0 spiro atoms. The summed E-state index contributed by atoms with van der Waals surface area (Å²) in [6.45, 7) is 0.891. The Labute approximate surface area is 153 Å². The molecule has 0 aliphatic heterocycles. The lowest BCUT2D eigenvalue weighted by atomic mass is 10.0. The third-order valence-corrected chi connectivity index (χ3v) is 4.18. The number of benzene rings is 1. The molecule has 1 N–H and O–H groups in total. The first-order valence-corrected chi connectivity index (χ1v) is 8.53. The fraction of sp³-hybridized carbons (Fsp3) is 0.190. The zero-order valence-corrected chi connectivity index (χ0v) is 14.4.